The Kier molecular flexibility index (Phi) is 5.93. The number of carbonyl (C=O) groups is 2. The molecule has 0 saturated carbocycles. The van der Waals surface area contributed by atoms with Gasteiger partial charge in [0.1, 0.15) is 6.04 Å². The SMILES string of the molecule is CCOC(=O)C(CC(C)C)N(N)C(C)=O. The number of hydrogen-bond acceptors (Lipinski definition) is 4. The summed E-state index contributed by atoms with van der Waals surface area (Å²) in [6.07, 6.45) is 0.509. The number of hydrazine groups is 1. The number of amides is 1. The monoisotopic (exact) mass is 216 g/mol. The Bertz CT molecular complexity index is 229. The van der Waals surface area contributed by atoms with Crippen LogP contribution in [0.15, 0.2) is 0 Å². The van der Waals surface area contributed by atoms with Crippen LogP contribution >= 0.6 is 0 Å². The summed E-state index contributed by atoms with van der Waals surface area (Å²) in [5.74, 6) is 5.01. The largest absolute Gasteiger partial charge is 0.464 e. The molecule has 5 nitrogen and oxygen atoms in total. The summed E-state index contributed by atoms with van der Waals surface area (Å²) in [5, 5.41) is 0.942. The molecule has 0 aliphatic carbocycles. The molecule has 0 saturated heterocycles. The third-order valence-corrected chi connectivity index (χ3v) is 1.95. The molecule has 2 N–H and O–H groups in total. The second-order valence-electron chi connectivity index (χ2n) is 3.82. The van der Waals surface area contributed by atoms with E-state index in [-0.39, 0.29) is 11.8 Å². The van der Waals surface area contributed by atoms with Gasteiger partial charge < -0.3 is 4.74 Å². The van der Waals surface area contributed by atoms with E-state index in [9.17, 15) is 9.59 Å². The first-order valence-corrected chi connectivity index (χ1v) is 5.11. The normalized spacial score (nSPS) is 12.4. The Labute approximate surface area is 90.5 Å². The van der Waals surface area contributed by atoms with Crippen molar-refractivity contribution in [1.29, 1.82) is 0 Å². The van der Waals surface area contributed by atoms with Crippen LogP contribution in [0.2, 0.25) is 0 Å². The van der Waals surface area contributed by atoms with Gasteiger partial charge in [-0.25, -0.2) is 10.6 Å². The Balaban J connectivity index is 4.56. The van der Waals surface area contributed by atoms with Crippen molar-refractivity contribution in [1.82, 2.24) is 5.01 Å². The zero-order valence-electron chi connectivity index (χ0n) is 9.82. The maximum absolute atomic E-state index is 11.5. The van der Waals surface area contributed by atoms with Crippen molar-refractivity contribution in [3.63, 3.8) is 0 Å². The second kappa shape index (κ2) is 6.40. The molecule has 0 aromatic carbocycles. The average Bonchev–Trinajstić information content (AvgIpc) is 2.13. The minimum atomic E-state index is -0.678. The highest BCUT2D eigenvalue weighted by Gasteiger charge is 2.27. The van der Waals surface area contributed by atoms with Gasteiger partial charge in [-0.1, -0.05) is 13.8 Å². The second-order valence-corrected chi connectivity index (χ2v) is 3.82. The Morgan fingerprint density at radius 2 is 1.93 bits per heavy atom. The first-order chi connectivity index (χ1) is 6.90. The molecule has 0 aliphatic heterocycles. The third-order valence-electron chi connectivity index (χ3n) is 1.95. The summed E-state index contributed by atoms with van der Waals surface area (Å²) >= 11 is 0. The highest BCUT2D eigenvalue weighted by Crippen LogP contribution is 2.11. The van der Waals surface area contributed by atoms with E-state index in [4.69, 9.17) is 10.6 Å². The number of rotatable bonds is 5. The predicted molar refractivity (Wildman–Crippen MR) is 56.6 cm³/mol. The molecule has 0 aliphatic rings. The van der Waals surface area contributed by atoms with Crippen LogP contribution in [0, 0.1) is 5.92 Å². The summed E-state index contributed by atoms with van der Waals surface area (Å²) in [4.78, 5) is 22.6. The van der Waals surface area contributed by atoms with E-state index in [1.54, 1.807) is 6.92 Å². The van der Waals surface area contributed by atoms with Crippen LogP contribution in [0.4, 0.5) is 0 Å². The maximum Gasteiger partial charge on any atom is 0.330 e. The lowest BCUT2D eigenvalue weighted by molar-refractivity contribution is -0.155. The van der Waals surface area contributed by atoms with Gasteiger partial charge in [0.25, 0.3) is 0 Å². The molecule has 0 bridgehead atoms. The molecule has 1 unspecified atom stereocenters. The smallest absolute Gasteiger partial charge is 0.330 e. The van der Waals surface area contributed by atoms with Gasteiger partial charge in [-0.2, -0.15) is 0 Å². The summed E-state index contributed by atoms with van der Waals surface area (Å²) in [6.45, 7) is 7.26. The fourth-order valence-corrected chi connectivity index (χ4v) is 1.23. The van der Waals surface area contributed by atoms with E-state index >= 15 is 0 Å². The molecule has 0 radical (unpaired) electrons. The van der Waals surface area contributed by atoms with E-state index < -0.39 is 12.0 Å². The van der Waals surface area contributed by atoms with Crippen molar-refractivity contribution in [2.45, 2.75) is 40.2 Å². The van der Waals surface area contributed by atoms with Crippen molar-refractivity contribution in [3.05, 3.63) is 0 Å². The van der Waals surface area contributed by atoms with Crippen LogP contribution in [-0.4, -0.2) is 29.5 Å². The number of carbonyl (C=O) groups excluding carboxylic acids is 2. The van der Waals surface area contributed by atoms with Crippen molar-refractivity contribution < 1.29 is 14.3 Å². The minimum Gasteiger partial charge on any atom is -0.464 e. The predicted octanol–water partition coefficient (Wildman–Crippen LogP) is 0.686. The average molecular weight is 216 g/mol. The number of nitrogens with two attached hydrogens (primary N) is 1. The molecular weight excluding hydrogens is 196 g/mol. The van der Waals surface area contributed by atoms with Gasteiger partial charge in [-0.3, -0.25) is 9.80 Å². The van der Waals surface area contributed by atoms with Gasteiger partial charge in [0, 0.05) is 6.92 Å². The van der Waals surface area contributed by atoms with E-state index in [2.05, 4.69) is 0 Å². The minimum absolute atomic E-state index is 0.268. The van der Waals surface area contributed by atoms with Crippen LogP contribution in [0.1, 0.15) is 34.1 Å². The maximum atomic E-state index is 11.5. The van der Waals surface area contributed by atoms with Gasteiger partial charge in [0.2, 0.25) is 5.91 Å². The quantitative estimate of drug-likeness (QED) is 0.317. The van der Waals surface area contributed by atoms with Crippen molar-refractivity contribution in [2.24, 2.45) is 11.8 Å². The zero-order chi connectivity index (χ0) is 12.0. The highest BCUT2D eigenvalue weighted by molar-refractivity contribution is 5.82. The van der Waals surface area contributed by atoms with Gasteiger partial charge in [0.15, 0.2) is 0 Å². The number of hydrogen-bond donors (Lipinski definition) is 1. The van der Waals surface area contributed by atoms with Gasteiger partial charge >= 0.3 is 5.97 Å². The molecule has 1 amide bonds. The standard InChI is InChI=1S/C10H20N2O3/c1-5-15-10(14)9(6-7(2)3)12(11)8(4)13/h7,9H,5-6,11H2,1-4H3. The van der Waals surface area contributed by atoms with Crippen LogP contribution in [-0.2, 0) is 14.3 Å². The van der Waals surface area contributed by atoms with Crippen LogP contribution < -0.4 is 5.84 Å². The van der Waals surface area contributed by atoms with E-state index in [1.807, 2.05) is 13.8 Å². The van der Waals surface area contributed by atoms with Crippen LogP contribution in [0.25, 0.3) is 0 Å². The van der Waals surface area contributed by atoms with Gasteiger partial charge in [-0.05, 0) is 19.3 Å². The fourth-order valence-electron chi connectivity index (χ4n) is 1.23. The molecule has 0 fully saturated rings. The summed E-state index contributed by atoms with van der Waals surface area (Å²) in [7, 11) is 0. The number of nitrogens with zero attached hydrogens (tertiary/aromatic N) is 1. The zero-order valence-corrected chi connectivity index (χ0v) is 9.82. The lowest BCUT2D eigenvalue weighted by atomic mass is 10.0. The topological polar surface area (TPSA) is 72.6 Å². The summed E-state index contributed by atoms with van der Waals surface area (Å²) in [6, 6.07) is -0.678. The first-order valence-electron chi connectivity index (χ1n) is 5.11. The lowest BCUT2D eigenvalue weighted by Gasteiger charge is -2.25. The number of ether oxygens (including phenoxy) is 1. The fraction of sp³-hybridized carbons (Fsp3) is 0.800. The molecule has 0 rings (SSSR count). The molecule has 0 heterocycles. The van der Waals surface area contributed by atoms with Crippen LogP contribution in [0.3, 0.4) is 0 Å². The van der Waals surface area contributed by atoms with Gasteiger partial charge in [-0.15, -0.1) is 0 Å². The molecule has 15 heavy (non-hydrogen) atoms. The summed E-state index contributed by atoms with van der Waals surface area (Å²) in [5.41, 5.74) is 0. The lowest BCUT2D eigenvalue weighted by Crippen LogP contribution is -2.49. The molecule has 88 valence electrons. The van der Waals surface area contributed by atoms with E-state index in [0.717, 1.165) is 5.01 Å². The molecule has 0 spiro atoms. The highest BCUT2D eigenvalue weighted by atomic mass is 16.5. The van der Waals surface area contributed by atoms with Crippen LogP contribution in [0.5, 0.6) is 0 Å². The van der Waals surface area contributed by atoms with Crippen molar-refractivity contribution in [3.8, 4) is 0 Å². The van der Waals surface area contributed by atoms with Gasteiger partial charge in [0.05, 0.1) is 6.61 Å². The van der Waals surface area contributed by atoms with Crippen molar-refractivity contribution in [2.75, 3.05) is 6.61 Å². The Hall–Kier alpha value is -1.10. The molecule has 5 heteroatoms. The molecular formula is C10H20N2O3. The first kappa shape index (κ1) is 13.9. The van der Waals surface area contributed by atoms with E-state index in [1.165, 1.54) is 6.92 Å². The van der Waals surface area contributed by atoms with Crippen molar-refractivity contribution >= 4 is 11.9 Å². The summed E-state index contributed by atoms with van der Waals surface area (Å²) < 4.78 is 4.86. The Morgan fingerprint density at radius 1 is 1.40 bits per heavy atom. The number of esters is 1. The Morgan fingerprint density at radius 3 is 2.27 bits per heavy atom. The third kappa shape index (κ3) is 4.78. The molecule has 0 aromatic rings. The molecule has 0 aromatic heterocycles. The van der Waals surface area contributed by atoms with E-state index in [0.29, 0.717) is 13.0 Å². The molecule has 1 atom stereocenters.